The predicted molar refractivity (Wildman–Crippen MR) is 92.0 cm³/mol. The van der Waals surface area contributed by atoms with Crippen LogP contribution in [0.1, 0.15) is 42.5 Å². The number of aryl methyl sites for hydroxylation is 3. The summed E-state index contributed by atoms with van der Waals surface area (Å²) in [5.41, 5.74) is 4.23. The van der Waals surface area contributed by atoms with Crippen molar-refractivity contribution < 1.29 is 0 Å². The minimum absolute atomic E-state index is 0.658. The van der Waals surface area contributed by atoms with E-state index < -0.39 is 0 Å². The molecule has 2 heteroatoms. The Bertz CT molecular complexity index is 538. The molecular formula is C20H26N2. The summed E-state index contributed by atoms with van der Waals surface area (Å²) in [5, 5.41) is 3.75. The van der Waals surface area contributed by atoms with Crippen LogP contribution in [-0.4, -0.2) is 17.6 Å². The van der Waals surface area contributed by atoms with E-state index in [-0.39, 0.29) is 0 Å². The van der Waals surface area contributed by atoms with Crippen LogP contribution < -0.4 is 5.32 Å². The number of hydrogen-bond acceptors (Lipinski definition) is 2. The van der Waals surface area contributed by atoms with Gasteiger partial charge in [0.2, 0.25) is 0 Å². The summed E-state index contributed by atoms with van der Waals surface area (Å²) in [6.45, 7) is 1.14. The molecule has 2 aromatic rings. The third kappa shape index (κ3) is 4.41. The molecule has 3 rings (SSSR count). The molecule has 1 N–H and O–H groups in total. The lowest BCUT2D eigenvalue weighted by molar-refractivity contribution is 0.454. The molecule has 22 heavy (non-hydrogen) atoms. The average Bonchev–Trinajstić information content (AvgIpc) is 2.78. The van der Waals surface area contributed by atoms with E-state index in [1.807, 2.05) is 6.20 Å². The van der Waals surface area contributed by atoms with E-state index in [4.69, 9.17) is 0 Å². The number of aromatic nitrogens is 1. The molecule has 1 aliphatic rings. The van der Waals surface area contributed by atoms with Crippen LogP contribution in [0.3, 0.4) is 0 Å². The third-order valence-corrected chi connectivity index (χ3v) is 4.64. The first-order chi connectivity index (χ1) is 10.9. The first-order valence-electron chi connectivity index (χ1n) is 8.62. The van der Waals surface area contributed by atoms with Gasteiger partial charge >= 0.3 is 0 Å². The van der Waals surface area contributed by atoms with E-state index in [0.717, 1.165) is 13.0 Å². The number of benzene rings is 1. The molecule has 1 heterocycles. The van der Waals surface area contributed by atoms with Gasteiger partial charge < -0.3 is 5.32 Å². The molecule has 116 valence electrons. The number of nitrogens with one attached hydrogen (secondary N) is 1. The van der Waals surface area contributed by atoms with E-state index in [2.05, 4.69) is 52.8 Å². The summed E-state index contributed by atoms with van der Waals surface area (Å²) in [6.07, 6.45) is 10.4. The molecule has 0 aliphatic heterocycles. The van der Waals surface area contributed by atoms with Crippen molar-refractivity contribution in [3.8, 4) is 0 Å². The molecule has 2 nitrogen and oxygen atoms in total. The van der Waals surface area contributed by atoms with Crippen molar-refractivity contribution >= 4 is 0 Å². The van der Waals surface area contributed by atoms with Crippen LogP contribution in [0.4, 0.5) is 0 Å². The second kappa shape index (κ2) is 8.09. The average molecular weight is 294 g/mol. The number of pyridine rings is 1. The lowest BCUT2D eigenvalue weighted by Gasteiger charge is -2.15. The van der Waals surface area contributed by atoms with E-state index in [9.17, 15) is 0 Å². The Kier molecular flexibility index (Phi) is 5.60. The highest BCUT2D eigenvalue weighted by atomic mass is 14.9. The fraction of sp³-hybridized carbons (Fsp3) is 0.450. The van der Waals surface area contributed by atoms with Gasteiger partial charge in [0.15, 0.2) is 0 Å². The van der Waals surface area contributed by atoms with Crippen molar-refractivity contribution in [3.05, 3.63) is 65.5 Å². The van der Waals surface area contributed by atoms with E-state index in [1.165, 1.54) is 55.3 Å². The maximum absolute atomic E-state index is 4.53. The second-order valence-electron chi connectivity index (χ2n) is 6.28. The summed E-state index contributed by atoms with van der Waals surface area (Å²) in [5.74, 6) is 0. The van der Waals surface area contributed by atoms with Crippen molar-refractivity contribution in [3.63, 3.8) is 0 Å². The quantitative estimate of drug-likeness (QED) is 0.645. The molecule has 0 fully saturated rings. The molecule has 1 unspecified atom stereocenters. The molecule has 0 amide bonds. The van der Waals surface area contributed by atoms with Crippen LogP contribution in [0.2, 0.25) is 0 Å². The lowest BCUT2D eigenvalue weighted by atomic mass is 10.1. The number of fused-ring (bicyclic) bond motifs is 1. The van der Waals surface area contributed by atoms with Crippen molar-refractivity contribution in [1.29, 1.82) is 0 Å². The normalized spacial score (nSPS) is 17.7. The smallest absolute Gasteiger partial charge is 0.0436 e. The molecule has 1 aromatic heterocycles. The Morgan fingerprint density at radius 3 is 2.73 bits per heavy atom. The standard InChI is InChI=1S/C20H26N2/c1-2-7-17(8-3-1)9-4-5-15-21-19-12-11-18-10-6-16-22-20(18)14-13-19/h1-3,6-8,10,16,19,21H,4-5,9,11-15H2. The monoisotopic (exact) mass is 294 g/mol. The predicted octanol–water partition coefficient (Wildman–Crippen LogP) is 3.94. The minimum Gasteiger partial charge on any atom is -0.314 e. The zero-order valence-corrected chi connectivity index (χ0v) is 13.3. The molecule has 1 aliphatic carbocycles. The largest absolute Gasteiger partial charge is 0.314 e. The number of hydrogen-bond donors (Lipinski definition) is 1. The van der Waals surface area contributed by atoms with Crippen molar-refractivity contribution in [1.82, 2.24) is 10.3 Å². The molecule has 1 atom stereocenters. The van der Waals surface area contributed by atoms with Crippen molar-refractivity contribution in [2.45, 2.75) is 51.0 Å². The first kappa shape index (κ1) is 15.2. The molecule has 0 saturated carbocycles. The highest BCUT2D eigenvalue weighted by Gasteiger charge is 2.15. The Balaban J connectivity index is 1.35. The molecule has 0 bridgehead atoms. The third-order valence-electron chi connectivity index (χ3n) is 4.64. The fourth-order valence-electron chi connectivity index (χ4n) is 3.32. The van der Waals surface area contributed by atoms with E-state index >= 15 is 0 Å². The van der Waals surface area contributed by atoms with Gasteiger partial charge in [-0.1, -0.05) is 36.4 Å². The van der Waals surface area contributed by atoms with Crippen LogP contribution in [0, 0.1) is 0 Å². The molecule has 0 saturated heterocycles. The summed E-state index contributed by atoms with van der Waals surface area (Å²) >= 11 is 0. The van der Waals surface area contributed by atoms with Crippen molar-refractivity contribution in [2.24, 2.45) is 0 Å². The molecule has 0 radical (unpaired) electrons. The highest BCUT2D eigenvalue weighted by molar-refractivity contribution is 5.21. The van der Waals surface area contributed by atoms with Crippen LogP contribution in [0.25, 0.3) is 0 Å². The molecular weight excluding hydrogens is 268 g/mol. The van der Waals surface area contributed by atoms with Gasteiger partial charge in [-0.25, -0.2) is 0 Å². The van der Waals surface area contributed by atoms with E-state index in [1.54, 1.807) is 0 Å². The second-order valence-corrected chi connectivity index (χ2v) is 6.28. The van der Waals surface area contributed by atoms with Crippen molar-refractivity contribution in [2.75, 3.05) is 6.54 Å². The Hall–Kier alpha value is -1.67. The summed E-state index contributed by atoms with van der Waals surface area (Å²) in [7, 11) is 0. The minimum atomic E-state index is 0.658. The van der Waals surface area contributed by atoms with Gasteiger partial charge in [0, 0.05) is 17.9 Å². The van der Waals surface area contributed by atoms with Gasteiger partial charge in [0.1, 0.15) is 0 Å². The van der Waals surface area contributed by atoms with Crippen LogP contribution in [0.15, 0.2) is 48.7 Å². The molecule has 0 spiro atoms. The SMILES string of the molecule is c1ccc(CCCCNC2CCc3cccnc3CC2)cc1. The maximum Gasteiger partial charge on any atom is 0.0436 e. The summed E-state index contributed by atoms with van der Waals surface area (Å²) < 4.78 is 0. The maximum atomic E-state index is 4.53. The summed E-state index contributed by atoms with van der Waals surface area (Å²) in [6, 6.07) is 15.8. The Morgan fingerprint density at radius 1 is 0.955 bits per heavy atom. The van der Waals surface area contributed by atoms with Crippen LogP contribution >= 0.6 is 0 Å². The van der Waals surface area contributed by atoms with Gasteiger partial charge in [-0.2, -0.15) is 0 Å². The van der Waals surface area contributed by atoms with Crippen LogP contribution in [0.5, 0.6) is 0 Å². The Morgan fingerprint density at radius 2 is 1.82 bits per heavy atom. The van der Waals surface area contributed by atoms with E-state index in [0.29, 0.717) is 6.04 Å². The van der Waals surface area contributed by atoms with Gasteiger partial charge in [-0.3, -0.25) is 4.98 Å². The topological polar surface area (TPSA) is 24.9 Å². The number of unbranched alkanes of at least 4 members (excludes halogenated alkanes) is 1. The molecule has 1 aromatic carbocycles. The zero-order chi connectivity index (χ0) is 15.0. The van der Waals surface area contributed by atoms with Crippen LogP contribution in [-0.2, 0) is 19.3 Å². The van der Waals surface area contributed by atoms with Gasteiger partial charge in [-0.05, 0) is 68.7 Å². The highest BCUT2D eigenvalue weighted by Crippen LogP contribution is 2.18. The van der Waals surface area contributed by atoms with Gasteiger partial charge in [0.25, 0.3) is 0 Å². The number of nitrogens with zero attached hydrogens (tertiary/aromatic N) is 1. The summed E-state index contributed by atoms with van der Waals surface area (Å²) in [4.78, 5) is 4.53. The number of rotatable bonds is 6. The Labute approximate surface area is 134 Å². The van der Waals surface area contributed by atoms with Gasteiger partial charge in [0.05, 0.1) is 0 Å². The zero-order valence-electron chi connectivity index (χ0n) is 13.3. The van der Waals surface area contributed by atoms with Gasteiger partial charge in [-0.15, -0.1) is 0 Å². The first-order valence-corrected chi connectivity index (χ1v) is 8.62. The fourth-order valence-corrected chi connectivity index (χ4v) is 3.32. The lowest BCUT2D eigenvalue weighted by Crippen LogP contribution is -2.30.